The van der Waals surface area contributed by atoms with Crippen LogP contribution in [0, 0.1) is 6.92 Å². The molecule has 1 saturated carbocycles. The number of nitrogens with zero attached hydrogens (tertiary/aromatic N) is 5. The maximum Gasteiger partial charge on any atom is 0.237 e. The third-order valence-corrected chi connectivity index (χ3v) is 3.51. The molecular weight excluding hydrogens is 268 g/mol. The summed E-state index contributed by atoms with van der Waals surface area (Å²) in [6.07, 6.45) is 2.20. The van der Waals surface area contributed by atoms with Gasteiger partial charge in [0.15, 0.2) is 0 Å². The molecule has 0 saturated heterocycles. The smallest absolute Gasteiger partial charge is 0.237 e. The first-order chi connectivity index (χ1) is 9.22. The highest BCUT2D eigenvalue weighted by atomic mass is 32.2. The number of aryl methyl sites for hydroxylation is 1. The molecule has 19 heavy (non-hydrogen) atoms. The Hall–Kier alpha value is -1.90. The summed E-state index contributed by atoms with van der Waals surface area (Å²) in [6, 6.07) is 2.06. The first-order valence-electron chi connectivity index (χ1n) is 5.86. The van der Waals surface area contributed by atoms with E-state index in [4.69, 9.17) is 4.52 Å². The lowest BCUT2D eigenvalue weighted by molar-refractivity contribution is -0.113. The molecule has 1 fully saturated rings. The lowest BCUT2D eigenvalue weighted by Crippen LogP contribution is -2.14. The van der Waals surface area contributed by atoms with Gasteiger partial charge >= 0.3 is 0 Å². The fourth-order valence-electron chi connectivity index (χ4n) is 1.55. The molecule has 8 nitrogen and oxygen atoms in total. The minimum atomic E-state index is -0.175. The predicted molar refractivity (Wildman–Crippen MR) is 66.7 cm³/mol. The number of amides is 1. The molecule has 0 spiro atoms. The molecule has 2 aromatic rings. The minimum Gasteiger partial charge on any atom is -0.338 e. The third-order valence-electron chi connectivity index (χ3n) is 2.58. The van der Waals surface area contributed by atoms with E-state index in [9.17, 15) is 4.79 Å². The number of rotatable bonds is 5. The summed E-state index contributed by atoms with van der Waals surface area (Å²) in [5.41, 5.74) is 0.723. The molecule has 3 rings (SSSR count). The highest BCUT2D eigenvalue weighted by molar-refractivity contribution is 7.99. The molecule has 1 aliphatic rings. The molecule has 9 heteroatoms. The van der Waals surface area contributed by atoms with Crippen molar-refractivity contribution in [1.82, 2.24) is 25.4 Å². The van der Waals surface area contributed by atoms with Crippen molar-refractivity contribution in [3.05, 3.63) is 11.8 Å². The molecule has 0 atom stereocenters. The van der Waals surface area contributed by atoms with Gasteiger partial charge in [0, 0.05) is 6.07 Å². The first-order valence-corrected chi connectivity index (χ1v) is 6.85. The van der Waals surface area contributed by atoms with Crippen LogP contribution in [-0.2, 0) is 4.79 Å². The van der Waals surface area contributed by atoms with Crippen LogP contribution in [-0.4, -0.2) is 37.0 Å². The Morgan fingerprint density at radius 1 is 1.63 bits per heavy atom. The van der Waals surface area contributed by atoms with Gasteiger partial charge in [-0.1, -0.05) is 16.9 Å². The fourth-order valence-corrected chi connectivity index (χ4v) is 2.30. The van der Waals surface area contributed by atoms with Gasteiger partial charge < -0.3 is 4.52 Å². The number of hydrogen-bond acceptors (Lipinski definition) is 7. The highest BCUT2D eigenvalue weighted by Gasteiger charge is 2.28. The first kappa shape index (κ1) is 12.2. The average Bonchev–Trinajstić information content (AvgIpc) is 2.98. The van der Waals surface area contributed by atoms with Gasteiger partial charge in [-0.2, -0.15) is 0 Å². The second kappa shape index (κ2) is 5.00. The normalized spacial score (nSPS) is 14.6. The van der Waals surface area contributed by atoms with Gasteiger partial charge in [0.05, 0.1) is 17.5 Å². The van der Waals surface area contributed by atoms with Crippen LogP contribution in [0.4, 0.5) is 5.88 Å². The topological polar surface area (TPSA) is 98.7 Å². The van der Waals surface area contributed by atoms with E-state index >= 15 is 0 Å². The van der Waals surface area contributed by atoms with Crippen LogP contribution in [0.25, 0.3) is 0 Å². The van der Waals surface area contributed by atoms with E-state index in [0.29, 0.717) is 17.1 Å². The molecule has 2 heterocycles. The summed E-state index contributed by atoms with van der Waals surface area (Å²) in [5.74, 6) is 0.406. The minimum absolute atomic E-state index is 0.175. The number of anilines is 1. The Kier molecular flexibility index (Phi) is 3.20. The van der Waals surface area contributed by atoms with Crippen molar-refractivity contribution < 1.29 is 9.32 Å². The van der Waals surface area contributed by atoms with E-state index in [1.54, 1.807) is 17.7 Å². The largest absolute Gasteiger partial charge is 0.338 e. The molecular formula is C10H12N6O2S. The van der Waals surface area contributed by atoms with Crippen LogP contribution in [0.5, 0.6) is 0 Å². The molecule has 0 aromatic carbocycles. The number of thioether (sulfide) groups is 1. The van der Waals surface area contributed by atoms with Crippen LogP contribution in [0.2, 0.25) is 0 Å². The van der Waals surface area contributed by atoms with Gasteiger partial charge in [0.2, 0.25) is 16.9 Å². The van der Waals surface area contributed by atoms with Crippen LogP contribution < -0.4 is 5.32 Å². The Morgan fingerprint density at radius 3 is 3.16 bits per heavy atom. The molecule has 1 aliphatic carbocycles. The van der Waals surface area contributed by atoms with E-state index in [-0.39, 0.29) is 11.7 Å². The van der Waals surface area contributed by atoms with Gasteiger partial charge in [0.25, 0.3) is 0 Å². The average molecular weight is 280 g/mol. The predicted octanol–water partition coefficient (Wildman–Crippen LogP) is 1.04. The monoisotopic (exact) mass is 280 g/mol. The summed E-state index contributed by atoms with van der Waals surface area (Å²) >= 11 is 1.31. The van der Waals surface area contributed by atoms with Gasteiger partial charge in [-0.25, -0.2) is 4.68 Å². The molecule has 0 radical (unpaired) electrons. The number of aromatic nitrogens is 5. The van der Waals surface area contributed by atoms with Gasteiger partial charge in [-0.3, -0.25) is 10.1 Å². The van der Waals surface area contributed by atoms with Crippen molar-refractivity contribution >= 4 is 23.6 Å². The SMILES string of the molecule is Cc1cc(NC(=O)CSc2nnnn2C2CC2)on1. The van der Waals surface area contributed by atoms with Gasteiger partial charge in [-0.05, 0) is 30.2 Å². The zero-order chi connectivity index (χ0) is 13.2. The van der Waals surface area contributed by atoms with E-state index in [0.717, 1.165) is 18.5 Å². The molecule has 1 amide bonds. The van der Waals surface area contributed by atoms with Crippen molar-refractivity contribution in [2.24, 2.45) is 0 Å². The second-order valence-electron chi connectivity index (χ2n) is 4.31. The van der Waals surface area contributed by atoms with Gasteiger partial charge in [-0.15, -0.1) is 5.10 Å². The van der Waals surface area contributed by atoms with Crippen molar-refractivity contribution in [3.8, 4) is 0 Å². The van der Waals surface area contributed by atoms with E-state index in [2.05, 4.69) is 26.0 Å². The summed E-state index contributed by atoms with van der Waals surface area (Å²) < 4.78 is 6.68. The summed E-state index contributed by atoms with van der Waals surface area (Å²) in [4.78, 5) is 11.7. The Morgan fingerprint density at radius 2 is 2.47 bits per heavy atom. The van der Waals surface area contributed by atoms with Crippen molar-refractivity contribution in [3.63, 3.8) is 0 Å². The quantitative estimate of drug-likeness (QED) is 0.817. The zero-order valence-corrected chi connectivity index (χ0v) is 11.1. The van der Waals surface area contributed by atoms with Crippen molar-refractivity contribution in [2.45, 2.75) is 31.0 Å². The lowest BCUT2D eigenvalue weighted by atomic mass is 10.5. The molecule has 0 unspecified atom stereocenters. The summed E-state index contributed by atoms with van der Waals surface area (Å²) in [7, 11) is 0. The maximum atomic E-state index is 11.7. The molecule has 1 N–H and O–H groups in total. The fraction of sp³-hybridized carbons (Fsp3) is 0.500. The maximum absolute atomic E-state index is 11.7. The number of tetrazole rings is 1. The van der Waals surface area contributed by atoms with Crippen LogP contribution >= 0.6 is 11.8 Å². The highest BCUT2D eigenvalue weighted by Crippen LogP contribution is 2.36. The number of carbonyl (C=O) groups excluding carboxylic acids is 1. The second-order valence-corrected chi connectivity index (χ2v) is 5.25. The van der Waals surface area contributed by atoms with Crippen LogP contribution in [0.15, 0.2) is 15.7 Å². The standard InChI is InChI=1S/C10H12N6O2S/c1-6-4-9(18-13-6)11-8(17)5-19-10-12-14-15-16(10)7-2-3-7/h4,7H,2-3,5H2,1H3,(H,11,17). The van der Waals surface area contributed by atoms with Crippen LogP contribution in [0.3, 0.4) is 0 Å². The van der Waals surface area contributed by atoms with E-state index < -0.39 is 0 Å². The summed E-state index contributed by atoms with van der Waals surface area (Å²) in [6.45, 7) is 1.79. The Bertz CT molecular complexity index is 590. The van der Waals surface area contributed by atoms with Crippen molar-refractivity contribution in [2.75, 3.05) is 11.1 Å². The lowest BCUT2D eigenvalue weighted by Gasteiger charge is -2.02. The van der Waals surface area contributed by atoms with Gasteiger partial charge in [0.1, 0.15) is 0 Å². The molecule has 0 bridgehead atoms. The van der Waals surface area contributed by atoms with E-state index in [1.807, 2.05) is 0 Å². The zero-order valence-electron chi connectivity index (χ0n) is 10.2. The molecule has 100 valence electrons. The van der Waals surface area contributed by atoms with E-state index in [1.165, 1.54) is 11.8 Å². The Labute approximate surface area is 112 Å². The Balaban J connectivity index is 1.54. The number of hydrogen-bond donors (Lipinski definition) is 1. The van der Waals surface area contributed by atoms with Crippen LogP contribution in [0.1, 0.15) is 24.6 Å². The number of nitrogens with one attached hydrogen (secondary N) is 1. The number of carbonyl (C=O) groups is 1. The molecule has 2 aromatic heterocycles. The summed E-state index contributed by atoms with van der Waals surface area (Å²) in [5, 5.41) is 18.4. The third kappa shape index (κ3) is 2.92. The molecule has 0 aliphatic heterocycles. The van der Waals surface area contributed by atoms with Crippen molar-refractivity contribution in [1.29, 1.82) is 0 Å².